The van der Waals surface area contributed by atoms with Crippen molar-refractivity contribution in [1.82, 2.24) is 4.90 Å². The van der Waals surface area contributed by atoms with E-state index < -0.39 is 0 Å². The molecule has 1 saturated heterocycles. The highest BCUT2D eigenvalue weighted by molar-refractivity contribution is 5.77. The predicted molar refractivity (Wildman–Crippen MR) is 54.9 cm³/mol. The van der Waals surface area contributed by atoms with Crippen LogP contribution in [0.3, 0.4) is 0 Å². The molecule has 1 heterocycles. The lowest BCUT2D eigenvalue weighted by Gasteiger charge is -2.42. The molecule has 0 spiro atoms. The number of carbonyl (C=O) groups is 1. The Hall–Kier alpha value is -0.610. The highest BCUT2D eigenvalue weighted by atomic mass is 16.5. The van der Waals surface area contributed by atoms with E-state index in [1.807, 2.05) is 25.7 Å². The van der Waals surface area contributed by atoms with Crippen LogP contribution in [0.15, 0.2) is 0 Å². The molecule has 0 aromatic carbocycles. The molecule has 2 N–H and O–H groups in total. The Morgan fingerprint density at radius 2 is 2.29 bits per heavy atom. The first-order chi connectivity index (χ1) is 6.43. The lowest BCUT2D eigenvalue weighted by atomic mass is 10.0. The predicted octanol–water partition coefficient (Wildman–Crippen LogP) is 0.361. The Bertz CT molecular complexity index is 214. The van der Waals surface area contributed by atoms with Crippen LogP contribution >= 0.6 is 0 Å². The third kappa shape index (κ3) is 2.69. The Labute approximate surface area is 85.4 Å². The summed E-state index contributed by atoms with van der Waals surface area (Å²) in [5.74, 6) is 0.133. The van der Waals surface area contributed by atoms with Crippen LogP contribution in [0.4, 0.5) is 0 Å². The molecule has 1 amide bonds. The van der Waals surface area contributed by atoms with Gasteiger partial charge in [-0.1, -0.05) is 0 Å². The zero-order chi connectivity index (χ0) is 10.8. The van der Waals surface area contributed by atoms with Gasteiger partial charge in [-0.05, 0) is 20.8 Å². The standard InChI is InChI=1S/C10H20N2O2/c1-8(11)6-9(13)12-4-5-14-7-10(12,2)3/h8H,4-7,11H2,1-3H3. The van der Waals surface area contributed by atoms with Crippen molar-refractivity contribution in [3.8, 4) is 0 Å². The lowest BCUT2D eigenvalue weighted by Crippen LogP contribution is -2.56. The molecular weight excluding hydrogens is 180 g/mol. The SMILES string of the molecule is CC(N)CC(=O)N1CCOCC1(C)C. The van der Waals surface area contributed by atoms with Gasteiger partial charge < -0.3 is 15.4 Å². The second-order valence-electron chi connectivity index (χ2n) is 4.59. The van der Waals surface area contributed by atoms with E-state index in [0.717, 1.165) is 0 Å². The number of hydrogen-bond donors (Lipinski definition) is 1. The van der Waals surface area contributed by atoms with E-state index in [1.165, 1.54) is 0 Å². The van der Waals surface area contributed by atoms with Gasteiger partial charge in [0.05, 0.1) is 18.8 Å². The van der Waals surface area contributed by atoms with E-state index in [1.54, 1.807) is 0 Å². The van der Waals surface area contributed by atoms with Crippen molar-refractivity contribution in [2.24, 2.45) is 5.73 Å². The molecule has 1 aliphatic heterocycles. The smallest absolute Gasteiger partial charge is 0.224 e. The fraction of sp³-hybridized carbons (Fsp3) is 0.900. The van der Waals surface area contributed by atoms with Crippen LogP contribution in [0.5, 0.6) is 0 Å². The zero-order valence-corrected chi connectivity index (χ0v) is 9.25. The van der Waals surface area contributed by atoms with E-state index >= 15 is 0 Å². The van der Waals surface area contributed by atoms with Crippen LogP contribution in [0, 0.1) is 0 Å². The van der Waals surface area contributed by atoms with Gasteiger partial charge in [-0.15, -0.1) is 0 Å². The number of nitrogens with zero attached hydrogens (tertiary/aromatic N) is 1. The first-order valence-corrected chi connectivity index (χ1v) is 5.07. The first-order valence-electron chi connectivity index (χ1n) is 5.07. The van der Waals surface area contributed by atoms with Crippen molar-refractivity contribution in [3.63, 3.8) is 0 Å². The van der Waals surface area contributed by atoms with E-state index in [-0.39, 0.29) is 17.5 Å². The molecule has 4 heteroatoms. The van der Waals surface area contributed by atoms with Crippen molar-refractivity contribution >= 4 is 5.91 Å². The second kappa shape index (κ2) is 4.28. The minimum atomic E-state index is -0.190. The Morgan fingerprint density at radius 3 is 2.79 bits per heavy atom. The number of ether oxygens (including phenoxy) is 1. The van der Waals surface area contributed by atoms with E-state index in [9.17, 15) is 4.79 Å². The van der Waals surface area contributed by atoms with E-state index in [0.29, 0.717) is 26.2 Å². The van der Waals surface area contributed by atoms with Crippen molar-refractivity contribution < 1.29 is 9.53 Å². The second-order valence-corrected chi connectivity index (χ2v) is 4.59. The molecule has 0 aromatic rings. The number of morpholine rings is 1. The van der Waals surface area contributed by atoms with E-state index in [2.05, 4.69) is 0 Å². The molecule has 1 unspecified atom stereocenters. The topological polar surface area (TPSA) is 55.6 Å². The summed E-state index contributed by atoms with van der Waals surface area (Å²) in [6.07, 6.45) is 0.420. The van der Waals surface area contributed by atoms with Crippen LogP contribution in [0.2, 0.25) is 0 Å². The summed E-state index contributed by atoms with van der Waals surface area (Å²) in [5.41, 5.74) is 5.42. The van der Waals surface area contributed by atoms with Gasteiger partial charge in [-0.3, -0.25) is 4.79 Å². The largest absolute Gasteiger partial charge is 0.377 e. The van der Waals surface area contributed by atoms with E-state index in [4.69, 9.17) is 10.5 Å². The quantitative estimate of drug-likeness (QED) is 0.700. The van der Waals surface area contributed by atoms with Crippen LogP contribution < -0.4 is 5.73 Å². The average molecular weight is 200 g/mol. The first kappa shape index (κ1) is 11.5. The molecule has 1 rings (SSSR count). The summed E-state index contributed by atoms with van der Waals surface area (Å²) < 4.78 is 5.34. The summed E-state index contributed by atoms with van der Waals surface area (Å²) in [6, 6.07) is -0.0684. The third-order valence-electron chi connectivity index (χ3n) is 2.44. The molecule has 0 bridgehead atoms. The number of hydrogen-bond acceptors (Lipinski definition) is 3. The summed E-state index contributed by atoms with van der Waals surface area (Å²) in [7, 11) is 0. The fourth-order valence-corrected chi connectivity index (χ4v) is 1.71. The van der Waals surface area contributed by atoms with Gasteiger partial charge in [0.1, 0.15) is 0 Å². The van der Waals surface area contributed by atoms with Crippen molar-refractivity contribution in [2.45, 2.75) is 38.8 Å². The van der Waals surface area contributed by atoms with Crippen LogP contribution in [-0.4, -0.2) is 42.1 Å². The molecule has 14 heavy (non-hydrogen) atoms. The average Bonchev–Trinajstić information content (AvgIpc) is 2.01. The maximum atomic E-state index is 11.8. The van der Waals surface area contributed by atoms with Crippen LogP contribution in [0.25, 0.3) is 0 Å². The molecule has 1 atom stereocenters. The van der Waals surface area contributed by atoms with Gasteiger partial charge in [0.2, 0.25) is 5.91 Å². The maximum Gasteiger partial charge on any atom is 0.224 e. The molecule has 0 aliphatic carbocycles. The van der Waals surface area contributed by atoms with Gasteiger partial charge in [0.15, 0.2) is 0 Å². The molecule has 0 radical (unpaired) electrons. The molecule has 0 aromatic heterocycles. The molecular formula is C10H20N2O2. The lowest BCUT2D eigenvalue weighted by molar-refractivity contribution is -0.146. The van der Waals surface area contributed by atoms with Crippen molar-refractivity contribution in [1.29, 1.82) is 0 Å². The Kier molecular flexibility index (Phi) is 3.50. The normalized spacial score (nSPS) is 23.3. The molecule has 1 fully saturated rings. The summed E-state index contributed by atoms with van der Waals surface area (Å²) in [5, 5.41) is 0. The molecule has 1 aliphatic rings. The van der Waals surface area contributed by atoms with Gasteiger partial charge in [0, 0.05) is 19.0 Å². The summed E-state index contributed by atoms with van der Waals surface area (Å²) >= 11 is 0. The number of nitrogens with two attached hydrogens (primary N) is 1. The monoisotopic (exact) mass is 200 g/mol. The highest BCUT2D eigenvalue weighted by Crippen LogP contribution is 2.19. The molecule has 4 nitrogen and oxygen atoms in total. The number of carbonyl (C=O) groups excluding carboxylic acids is 1. The van der Waals surface area contributed by atoms with Gasteiger partial charge in [-0.2, -0.15) is 0 Å². The van der Waals surface area contributed by atoms with Gasteiger partial charge in [-0.25, -0.2) is 0 Å². The number of amides is 1. The Morgan fingerprint density at radius 1 is 1.64 bits per heavy atom. The minimum absolute atomic E-state index is 0.0684. The van der Waals surface area contributed by atoms with Crippen molar-refractivity contribution in [3.05, 3.63) is 0 Å². The van der Waals surface area contributed by atoms with Crippen LogP contribution in [0.1, 0.15) is 27.2 Å². The molecule has 0 saturated carbocycles. The Balaban J connectivity index is 2.60. The third-order valence-corrected chi connectivity index (χ3v) is 2.44. The minimum Gasteiger partial charge on any atom is -0.377 e. The maximum absolute atomic E-state index is 11.8. The number of rotatable bonds is 2. The zero-order valence-electron chi connectivity index (χ0n) is 9.25. The van der Waals surface area contributed by atoms with Crippen LogP contribution in [-0.2, 0) is 9.53 Å². The van der Waals surface area contributed by atoms with Gasteiger partial charge in [0.25, 0.3) is 0 Å². The summed E-state index contributed by atoms with van der Waals surface area (Å²) in [6.45, 7) is 7.81. The molecule has 82 valence electrons. The summed E-state index contributed by atoms with van der Waals surface area (Å²) in [4.78, 5) is 13.7. The van der Waals surface area contributed by atoms with Gasteiger partial charge >= 0.3 is 0 Å². The van der Waals surface area contributed by atoms with Crippen molar-refractivity contribution in [2.75, 3.05) is 19.8 Å². The fourth-order valence-electron chi connectivity index (χ4n) is 1.71. The highest BCUT2D eigenvalue weighted by Gasteiger charge is 2.33.